The molecule has 0 spiro atoms. The van der Waals surface area contributed by atoms with Crippen molar-refractivity contribution in [3.8, 4) is 5.75 Å². The Balaban J connectivity index is 2.10. The van der Waals surface area contributed by atoms with E-state index in [9.17, 15) is 28.3 Å². The average Bonchev–Trinajstić information content (AvgIpc) is 2.60. The highest BCUT2D eigenvalue weighted by Crippen LogP contribution is 2.37. The minimum absolute atomic E-state index is 0.00126. The minimum atomic E-state index is -4.35. The van der Waals surface area contributed by atoms with Crippen LogP contribution in [0.2, 0.25) is 0 Å². The Morgan fingerprint density at radius 3 is 2.21 bits per heavy atom. The van der Waals surface area contributed by atoms with Crippen molar-refractivity contribution in [3.63, 3.8) is 0 Å². The second-order valence-corrected chi connectivity index (χ2v) is 10.5. The Morgan fingerprint density at radius 1 is 1.10 bits per heavy atom. The summed E-state index contributed by atoms with van der Waals surface area (Å²) in [6.07, 6.45) is -8.33. The van der Waals surface area contributed by atoms with E-state index in [1.807, 2.05) is 0 Å². The summed E-state index contributed by atoms with van der Waals surface area (Å²) in [5.74, 6) is 0.120. The molecular formula is C16H26NO10PS. The summed E-state index contributed by atoms with van der Waals surface area (Å²) in [5.41, 5.74) is 0. The Morgan fingerprint density at radius 2 is 1.69 bits per heavy atom. The van der Waals surface area contributed by atoms with Gasteiger partial charge in [0.2, 0.25) is 16.3 Å². The smallest absolute Gasteiger partial charge is 0.325 e. The molecule has 0 unspecified atom stereocenters. The highest BCUT2D eigenvalue weighted by molar-refractivity contribution is 7.89. The van der Waals surface area contributed by atoms with Crippen LogP contribution in [0.5, 0.6) is 5.75 Å². The predicted molar refractivity (Wildman–Crippen MR) is 101 cm³/mol. The van der Waals surface area contributed by atoms with E-state index in [4.69, 9.17) is 19.3 Å². The number of hydrogen-bond acceptors (Lipinski definition) is 8. The molecule has 11 nitrogen and oxygen atoms in total. The van der Waals surface area contributed by atoms with E-state index in [1.54, 1.807) is 13.8 Å². The number of hydrogen-bond donors (Lipinski definition) is 6. The molecule has 1 aliphatic rings. The van der Waals surface area contributed by atoms with Crippen molar-refractivity contribution >= 4 is 17.6 Å². The molecule has 1 aromatic carbocycles. The molecule has 0 aliphatic carbocycles. The van der Waals surface area contributed by atoms with Crippen molar-refractivity contribution in [1.82, 2.24) is 4.72 Å². The summed E-state index contributed by atoms with van der Waals surface area (Å²) in [5, 5.41) is 30.0. The molecule has 0 aromatic heterocycles. The van der Waals surface area contributed by atoms with Gasteiger partial charge in [0.1, 0.15) is 24.1 Å². The second kappa shape index (κ2) is 9.38. The van der Waals surface area contributed by atoms with Gasteiger partial charge in [-0.3, -0.25) is 4.57 Å². The van der Waals surface area contributed by atoms with E-state index in [0.717, 1.165) is 0 Å². The van der Waals surface area contributed by atoms with Crippen molar-refractivity contribution in [1.29, 1.82) is 0 Å². The lowest BCUT2D eigenvalue weighted by Gasteiger charge is -2.40. The van der Waals surface area contributed by atoms with Crippen LogP contribution >= 0.6 is 7.60 Å². The van der Waals surface area contributed by atoms with Gasteiger partial charge in [-0.05, 0) is 44.5 Å². The molecule has 2 rings (SSSR count). The van der Waals surface area contributed by atoms with Crippen LogP contribution in [0.15, 0.2) is 29.2 Å². The van der Waals surface area contributed by atoms with Gasteiger partial charge in [0, 0.05) is 6.04 Å². The third-order valence-electron chi connectivity index (χ3n) is 4.15. The first-order valence-electron chi connectivity index (χ1n) is 8.83. The molecule has 5 atom stereocenters. The molecule has 29 heavy (non-hydrogen) atoms. The van der Waals surface area contributed by atoms with E-state index in [2.05, 4.69) is 4.72 Å². The SMILES string of the molecule is CC(C)NS(=O)(=O)c1ccc(O[C@H]2O[C@H](CCP(=O)(O)O)[C@@H](O)[C@H](O)[C@@H]2O)cc1. The topological polar surface area (TPSA) is 183 Å². The van der Waals surface area contributed by atoms with Crippen molar-refractivity contribution in [2.45, 2.75) is 61.9 Å². The number of nitrogens with one attached hydrogen (secondary N) is 1. The van der Waals surface area contributed by atoms with Gasteiger partial charge < -0.3 is 34.6 Å². The maximum atomic E-state index is 12.1. The van der Waals surface area contributed by atoms with Gasteiger partial charge in [0.05, 0.1) is 17.2 Å². The number of benzene rings is 1. The first-order chi connectivity index (χ1) is 13.3. The molecule has 1 saturated heterocycles. The summed E-state index contributed by atoms with van der Waals surface area (Å²) < 4.78 is 48.5. The van der Waals surface area contributed by atoms with E-state index >= 15 is 0 Å². The lowest BCUT2D eigenvalue weighted by Crippen LogP contribution is -2.59. The normalized spacial score (nSPS) is 28.5. The molecule has 0 bridgehead atoms. The maximum Gasteiger partial charge on any atom is 0.325 e. The zero-order valence-corrected chi connectivity index (χ0v) is 17.5. The number of sulfonamides is 1. The standard InChI is InChI=1S/C16H26NO10PS/c1-9(2)17-29(24,25)11-5-3-10(4-6-11)26-16-15(20)14(19)13(18)12(27-16)7-8-28(21,22)23/h3-6,9,12-20H,7-8H2,1-2H3,(H2,21,22,23)/t12-,13-,14+,15+,16+/m1/s1. The van der Waals surface area contributed by atoms with Crippen molar-refractivity contribution in [3.05, 3.63) is 24.3 Å². The van der Waals surface area contributed by atoms with Crippen molar-refractivity contribution in [2.75, 3.05) is 6.16 Å². The summed E-state index contributed by atoms with van der Waals surface area (Å²) in [6.45, 7) is 3.36. The van der Waals surface area contributed by atoms with Gasteiger partial charge in [0.15, 0.2) is 0 Å². The van der Waals surface area contributed by atoms with Gasteiger partial charge in [-0.2, -0.15) is 0 Å². The van der Waals surface area contributed by atoms with Crippen LogP contribution in [-0.2, 0) is 19.3 Å². The van der Waals surface area contributed by atoms with Crippen molar-refractivity contribution < 1.29 is 47.6 Å². The van der Waals surface area contributed by atoms with Gasteiger partial charge in [0.25, 0.3) is 0 Å². The molecule has 0 saturated carbocycles. The molecular weight excluding hydrogens is 429 g/mol. The fraction of sp³-hybridized carbons (Fsp3) is 0.625. The van der Waals surface area contributed by atoms with Crippen molar-refractivity contribution in [2.24, 2.45) is 0 Å². The highest BCUT2D eigenvalue weighted by atomic mass is 32.2. The Labute approximate surface area is 168 Å². The Kier molecular flexibility index (Phi) is 7.82. The van der Waals surface area contributed by atoms with Gasteiger partial charge in [-0.25, -0.2) is 13.1 Å². The Bertz CT molecular complexity index is 825. The van der Waals surface area contributed by atoms with Crippen LogP contribution in [0.3, 0.4) is 0 Å². The monoisotopic (exact) mass is 455 g/mol. The molecule has 1 aliphatic heterocycles. The molecule has 1 fully saturated rings. The van der Waals surface area contributed by atoms with E-state index in [0.29, 0.717) is 0 Å². The van der Waals surface area contributed by atoms with Crippen LogP contribution in [0, 0.1) is 0 Å². The molecule has 6 N–H and O–H groups in total. The van der Waals surface area contributed by atoms with Gasteiger partial charge >= 0.3 is 7.60 Å². The van der Waals surface area contributed by atoms with Gasteiger partial charge in [-0.1, -0.05) is 0 Å². The van der Waals surface area contributed by atoms with Crippen LogP contribution in [-0.4, -0.2) is 76.4 Å². The first kappa shape index (κ1) is 24.2. The number of rotatable bonds is 8. The number of ether oxygens (including phenoxy) is 2. The summed E-state index contributed by atoms with van der Waals surface area (Å²) >= 11 is 0. The highest BCUT2D eigenvalue weighted by Gasteiger charge is 2.45. The minimum Gasteiger partial charge on any atom is -0.462 e. The van der Waals surface area contributed by atoms with Crippen LogP contribution < -0.4 is 9.46 Å². The zero-order valence-electron chi connectivity index (χ0n) is 15.8. The third kappa shape index (κ3) is 6.71. The van der Waals surface area contributed by atoms with Crippen LogP contribution in [0.4, 0.5) is 0 Å². The summed E-state index contributed by atoms with van der Waals surface area (Å²) in [7, 11) is -8.05. The molecule has 13 heteroatoms. The number of aliphatic hydroxyl groups excluding tert-OH is 3. The number of aliphatic hydroxyl groups is 3. The van der Waals surface area contributed by atoms with E-state index < -0.39 is 54.5 Å². The molecule has 166 valence electrons. The second-order valence-electron chi connectivity index (χ2n) is 7.06. The maximum absolute atomic E-state index is 12.1. The Hall–Kier alpha value is -1.08. The fourth-order valence-corrected chi connectivity index (χ4v) is 4.60. The lowest BCUT2D eigenvalue weighted by atomic mass is 9.97. The predicted octanol–water partition coefficient (Wildman–Crippen LogP) is -0.872. The fourth-order valence-electron chi connectivity index (χ4n) is 2.76. The van der Waals surface area contributed by atoms with Crippen LogP contribution in [0.1, 0.15) is 20.3 Å². The molecule has 0 radical (unpaired) electrons. The third-order valence-corrected chi connectivity index (χ3v) is 6.67. The molecule has 0 amide bonds. The van der Waals surface area contributed by atoms with E-state index in [1.165, 1.54) is 24.3 Å². The first-order valence-corrected chi connectivity index (χ1v) is 12.1. The quantitative estimate of drug-likeness (QED) is 0.269. The van der Waals surface area contributed by atoms with Crippen LogP contribution in [0.25, 0.3) is 0 Å². The largest absolute Gasteiger partial charge is 0.462 e. The summed E-state index contributed by atoms with van der Waals surface area (Å²) in [6, 6.07) is 4.93. The zero-order chi connectivity index (χ0) is 22.0. The lowest BCUT2D eigenvalue weighted by molar-refractivity contribution is -0.272. The van der Waals surface area contributed by atoms with E-state index in [-0.39, 0.29) is 23.1 Å². The van der Waals surface area contributed by atoms with Gasteiger partial charge in [-0.15, -0.1) is 0 Å². The summed E-state index contributed by atoms with van der Waals surface area (Å²) in [4.78, 5) is 18.0. The molecule has 1 heterocycles. The molecule has 1 aromatic rings. The average molecular weight is 455 g/mol.